The number of amides is 2. The van der Waals surface area contributed by atoms with Crippen molar-refractivity contribution < 1.29 is 9.59 Å². The average molecular weight is 409 g/mol. The molecule has 0 aromatic carbocycles. The molecule has 2 fully saturated rings. The highest BCUT2D eigenvalue weighted by Crippen LogP contribution is 2.47. The number of nitrogens with zero attached hydrogens (tertiary/aromatic N) is 3. The summed E-state index contributed by atoms with van der Waals surface area (Å²) in [7, 11) is 0. The zero-order chi connectivity index (χ0) is 20.0. The second-order valence-electron chi connectivity index (χ2n) is 8.41. The van der Waals surface area contributed by atoms with E-state index in [2.05, 4.69) is 17.2 Å². The molecule has 1 saturated heterocycles. The van der Waals surface area contributed by atoms with Crippen molar-refractivity contribution in [3.8, 4) is 0 Å². The van der Waals surface area contributed by atoms with Crippen LogP contribution in [0, 0.1) is 5.41 Å². The quantitative estimate of drug-likeness (QED) is 0.703. The number of nitrogens with one attached hydrogen (secondary N) is 1. The van der Waals surface area contributed by atoms with E-state index in [1.165, 1.54) is 4.88 Å². The number of pyridine rings is 1. The molecule has 3 aromatic rings. The summed E-state index contributed by atoms with van der Waals surface area (Å²) >= 11 is 1.55. The van der Waals surface area contributed by atoms with Crippen molar-refractivity contribution in [2.45, 2.75) is 38.6 Å². The number of carbonyl (C=O) groups is 2. The fraction of sp³-hybridized carbons (Fsp3) is 0.409. The summed E-state index contributed by atoms with van der Waals surface area (Å²) in [6.45, 7) is 4.15. The van der Waals surface area contributed by atoms with Gasteiger partial charge >= 0.3 is 0 Å². The first kappa shape index (κ1) is 18.4. The molecular weight excluding hydrogens is 384 g/mol. The van der Waals surface area contributed by atoms with Gasteiger partial charge in [0.2, 0.25) is 5.91 Å². The van der Waals surface area contributed by atoms with Crippen LogP contribution in [0.1, 0.15) is 52.2 Å². The Kier molecular flexibility index (Phi) is 4.42. The summed E-state index contributed by atoms with van der Waals surface area (Å²) in [6, 6.07) is 7.91. The molecule has 2 aliphatic rings. The molecule has 6 nitrogen and oxygen atoms in total. The number of fused-ring (bicyclic) bond motifs is 1. The third-order valence-corrected chi connectivity index (χ3v) is 7.41. The zero-order valence-corrected chi connectivity index (χ0v) is 17.2. The first-order valence-electron chi connectivity index (χ1n) is 10.1. The second kappa shape index (κ2) is 6.99. The zero-order valence-electron chi connectivity index (χ0n) is 16.4. The van der Waals surface area contributed by atoms with Gasteiger partial charge in [-0.3, -0.25) is 9.59 Å². The summed E-state index contributed by atoms with van der Waals surface area (Å²) in [5.41, 5.74) is 1.79. The molecule has 3 aromatic heterocycles. The predicted octanol–water partition coefficient (Wildman–Crippen LogP) is 3.44. The van der Waals surface area contributed by atoms with Crippen molar-refractivity contribution in [1.29, 1.82) is 0 Å². The van der Waals surface area contributed by atoms with Gasteiger partial charge in [-0.15, -0.1) is 11.3 Å². The first-order valence-corrected chi connectivity index (χ1v) is 10.9. The lowest BCUT2D eigenvalue weighted by atomic mass is 10.1. The van der Waals surface area contributed by atoms with Crippen LogP contribution in [0.2, 0.25) is 0 Å². The van der Waals surface area contributed by atoms with Gasteiger partial charge in [0.15, 0.2) is 0 Å². The number of hydrogen-bond acceptors (Lipinski definition) is 4. The minimum absolute atomic E-state index is 0.0547. The molecular formula is C22H24N4O2S. The topological polar surface area (TPSA) is 66.7 Å². The molecule has 4 heterocycles. The van der Waals surface area contributed by atoms with Crippen molar-refractivity contribution in [1.82, 2.24) is 19.6 Å². The third-order valence-electron chi connectivity index (χ3n) is 6.16. The molecule has 0 spiro atoms. The van der Waals surface area contributed by atoms with E-state index in [1.807, 2.05) is 46.0 Å². The van der Waals surface area contributed by atoms with Crippen LogP contribution in [0.15, 0.2) is 42.9 Å². The van der Waals surface area contributed by atoms with Crippen LogP contribution < -0.4 is 5.32 Å². The maximum absolute atomic E-state index is 12.6. The largest absolute Gasteiger partial charge is 0.347 e. The summed E-state index contributed by atoms with van der Waals surface area (Å²) in [4.78, 5) is 33.4. The van der Waals surface area contributed by atoms with E-state index >= 15 is 0 Å². The summed E-state index contributed by atoms with van der Waals surface area (Å²) < 4.78 is 1.94. The van der Waals surface area contributed by atoms with E-state index in [9.17, 15) is 9.59 Å². The maximum Gasteiger partial charge on any atom is 0.261 e. The minimum atomic E-state index is -0.102. The van der Waals surface area contributed by atoms with E-state index in [0.29, 0.717) is 18.4 Å². The molecule has 2 amide bonds. The van der Waals surface area contributed by atoms with Gasteiger partial charge in [0.05, 0.1) is 4.88 Å². The Morgan fingerprint density at radius 1 is 1.28 bits per heavy atom. The SMILES string of the molecule is CC1(C(=O)N2CCC(c3ccc(C(=O)NCc4ccn5ccnc5c4)s3)C2)CC1. The number of carbonyl (C=O) groups excluding carboxylic acids is 2. The van der Waals surface area contributed by atoms with Crippen LogP contribution in [-0.4, -0.2) is 39.2 Å². The highest BCUT2D eigenvalue weighted by molar-refractivity contribution is 7.14. The van der Waals surface area contributed by atoms with Gasteiger partial charge in [-0.25, -0.2) is 4.98 Å². The normalized spacial score (nSPS) is 20.2. The van der Waals surface area contributed by atoms with E-state index in [1.54, 1.807) is 17.5 Å². The molecule has 5 rings (SSSR count). The number of likely N-dealkylation sites (tertiary alicyclic amines) is 1. The lowest BCUT2D eigenvalue weighted by molar-refractivity contribution is -0.135. The Balaban J connectivity index is 1.19. The molecule has 0 bridgehead atoms. The van der Waals surface area contributed by atoms with Crippen LogP contribution in [0.5, 0.6) is 0 Å². The molecule has 1 aliphatic heterocycles. The van der Waals surface area contributed by atoms with E-state index < -0.39 is 0 Å². The molecule has 7 heteroatoms. The Hall–Kier alpha value is -2.67. The number of hydrogen-bond donors (Lipinski definition) is 1. The molecule has 1 saturated carbocycles. The second-order valence-corrected chi connectivity index (χ2v) is 9.53. The van der Waals surface area contributed by atoms with E-state index in [0.717, 1.165) is 48.4 Å². The number of thiophene rings is 1. The van der Waals surface area contributed by atoms with Crippen molar-refractivity contribution >= 4 is 28.8 Å². The predicted molar refractivity (Wildman–Crippen MR) is 112 cm³/mol. The molecule has 1 unspecified atom stereocenters. The Morgan fingerprint density at radius 3 is 2.97 bits per heavy atom. The van der Waals surface area contributed by atoms with Crippen LogP contribution in [0.25, 0.3) is 5.65 Å². The molecule has 0 radical (unpaired) electrons. The summed E-state index contributed by atoms with van der Waals surface area (Å²) in [5, 5.41) is 3.00. The fourth-order valence-electron chi connectivity index (χ4n) is 3.99. The van der Waals surface area contributed by atoms with Gasteiger partial charge in [-0.05, 0) is 49.1 Å². The highest BCUT2D eigenvalue weighted by atomic mass is 32.1. The summed E-state index contributed by atoms with van der Waals surface area (Å²) in [5.74, 6) is 0.598. The van der Waals surface area contributed by atoms with Gasteiger partial charge in [-0.1, -0.05) is 6.92 Å². The van der Waals surface area contributed by atoms with Crippen molar-refractivity contribution in [3.05, 3.63) is 58.2 Å². The van der Waals surface area contributed by atoms with Crippen molar-refractivity contribution in [3.63, 3.8) is 0 Å². The fourth-order valence-corrected chi connectivity index (χ4v) is 5.04. The summed E-state index contributed by atoms with van der Waals surface area (Å²) in [6.07, 6.45) is 8.62. The van der Waals surface area contributed by atoms with Gasteiger partial charge < -0.3 is 14.6 Å². The maximum atomic E-state index is 12.6. The van der Waals surface area contributed by atoms with Gasteiger partial charge in [-0.2, -0.15) is 0 Å². The van der Waals surface area contributed by atoms with E-state index in [4.69, 9.17) is 0 Å². The van der Waals surface area contributed by atoms with Crippen LogP contribution in [-0.2, 0) is 11.3 Å². The smallest absolute Gasteiger partial charge is 0.261 e. The number of aromatic nitrogens is 2. The van der Waals surface area contributed by atoms with Gasteiger partial charge in [0, 0.05) is 54.4 Å². The van der Waals surface area contributed by atoms with Crippen LogP contribution in [0.3, 0.4) is 0 Å². The average Bonchev–Trinajstić information content (AvgIpc) is 3.20. The Morgan fingerprint density at radius 2 is 2.14 bits per heavy atom. The number of rotatable bonds is 5. The van der Waals surface area contributed by atoms with Gasteiger partial charge in [0.1, 0.15) is 5.65 Å². The molecule has 1 aliphatic carbocycles. The van der Waals surface area contributed by atoms with E-state index in [-0.39, 0.29) is 11.3 Å². The molecule has 150 valence electrons. The number of imidazole rings is 1. The molecule has 29 heavy (non-hydrogen) atoms. The Labute approximate surface area is 173 Å². The van der Waals surface area contributed by atoms with Crippen molar-refractivity contribution in [2.75, 3.05) is 13.1 Å². The van der Waals surface area contributed by atoms with Gasteiger partial charge in [0.25, 0.3) is 5.91 Å². The standard InChI is InChI=1S/C22H24N4O2S/c1-22(6-7-22)21(28)26-10-5-16(14-26)17-2-3-18(29-17)20(27)24-13-15-4-9-25-11-8-23-19(25)12-15/h2-4,8-9,11-12,16H,5-7,10,13-14H2,1H3,(H,24,27). The van der Waals surface area contributed by atoms with Crippen molar-refractivity contribution in [2.24, 2.45) is 5.41 Å². The highest BCUT2D eigenvalue weighted by Gasteiger charge is 2.48. The minimum Gasteiger partial charge on any atom is -0.347 e. The first-order chi connectivity index (χ1) is 14.0. The van der Waals surface area contributed by atoms with Crippen LogP contribution >= 0.6 is 11.3 Å². The Bertz CT molecular complexity index is 1080. The van der Waals surface area contributed by atoms with Crippen LogP contribution in [0.4, 0.5) is 0 Å². The molecule has 1 atom stereocenters. The monoisotopic (exact) mass is 408 g/mol. The lowest BCUT2D eigenvalue weighted by Crippen LogP contribution is -2.34. The molecule has 1 N–H and O–H groups in total. The third kappa shape index (κ3) is 3.55. The lowest BCUT2D eigenvalue weighted by Gasteiger charge is -2.20.